The number of hydrogen-bond donors (Lipinski definition) is 0. The summed E-state index contributed by atoms with van der Waals surface area (Å²) in [4.78, 5) is 2.36. The summed E-state index contributed by atoms with van der Waals surface area (Å²) in [6.45, 7) is 0. The van der Waals surface area contributed by atoms with Crippen molar-refractivity contribution >= 4 is 65.3 Å². The predicted octanol–water partition coefficient (Wildman–Crippen LogP) is 10.5. The van der Waals surface area contributed by atoms with Gasteiger partial charge in [-0.3, -0.25) is 0 Å². The van der Waals surface area contributed by atoms with E-state index < -0.39 is 0 Å². The molecule has 0 spiro atoms. The summed E-state index contributed by atoms with van der Waals surface area (Å²) in [5.74, 6) is 0. The van der Waals surface area contributed by atoms with Crippen LogP contribution in [0.4, 0.5) is 17.1 Å². The first-order chi connectivity index (χ1) is 17.8. The lowest BCUT2D eigenvalue weighted by atomic mass is 9.89. The van der Waals surface area contributed by atoms with Crippen LogP contribution in [0.5, 0.6) is 0 Å². The molecule has 0 bridgehead atoms. The zero-order valence-corrected chi connectivity index (χ0v) is 21.1. The molecule has 0 aromatic heterocycles. The van der Waals surface area contributed by atoms with Crippen molar-refractivity contribution in [1.82, 2.24) is 0 Å². The summed E-state index contributed by atoms with van der Waals surface area (Å²) in [6.07, 6.45) is 0. The molecule has 0 saturated heterocycles. The topological polar surface area (TPSA) is 3.24 Å². The average Bonchev–Trinajstić information content (AvgIpc) is 2.94. The number of halogens is 1. The molecule has 170 valence electrons. The van der Waals surface area contributed by atoms with Crippen LogP contribution in [-0.4, -0.2) is 0 Å². The van der Waals surface area contributed by atoms with Gasteiger partial charge in [0.1, 0.15) is 0 Å². The quantitative estimate of drug-likeness (QED) is 0.207. The Kier molecular flexibility index (Phi) is 5.00. The van der Waals surface area contributed by atoms with Gasteiger partial charge in [0, 0.05) is 21.2 Å². The average molecular weight is 524 g/mol. The molecule has 1 nitrogen and oxygen atoms in total. The number of para-hydroxylation sites is 2. The lowest BCUT2D eigenvalue weighted by Crippen LogP contribution is -2.10. The molecule has 0 unspecified atom stereocenters. The van der Waals surface area contributed by atoms with E-state index in [4.69, 9.17) is 0 Å². The number of hydrogen-bond acceptors (Lipinski definition) is 1. The molecule has 0 radical (unpaired) electrons. The second-order valence-electron chi connectivity index (χ2n) is 9.11. The maximum Gasteiger partial charge on any atom is 0.0540 e. The van der Waals surface area contributed by atoms with E-state index >= 15 is 0 Å². The van der Waals surface area contributed by atoms with Crippen LogP contribution in [0.1, 0.15) is 0 Å². The maximum atomic E-state index is 3.78. The molecule has 0 N–H and O–H groups in total. The van der Waals surface area contributed by atoms with Gasteiger partial charge in [0.2, 0.25) is 0 Å². The summed E-state index contributed by atoms with van der Waals surface area (Å²) in [5.41, 5.74) is 5.93. The van der Waals surface area contributed by atoms with Crippen molar-refractivity contribution in [2.75, 3.05) is 4.90 Å². The van der Waals surface area contributed by atoms with E-state index in [0.717, 1.165) is 15.8 Å². The van der Waals surface area contributed by atoms with Gasteiger partial charge in [-0.2, -0.15) is 0 Å². The minimum absolute atomic E-state index is 1.11. The molecule has 0 aliphatic heterocycles. The van der Waals surface area contributed by atoms with Crippen molar-refractivity contribution in [3.05, 3.63) is 138 Å². The normalized spacial score (nSPS) is 11.5. The largest absolute Gasteiger partial charge is 0.310 e. The third-order valence-electron chi connectivity index (χ3n) is 7.08. The Labute approximate surface area is 218 Å². The van der Waals surface area contributed by atoms with Gasteiger partial charge < -0.3 is 4.90 Å². The van der Waals surface area contributed by atoms with Crippen LogP contribution < -0.4 is 4.90 Å². The van der Waals surface area contributed by atoms with Crippen molar-refractivity contribution in [2.24, 2.45) is 0 Å². The number of benzene rings is 7. The summed E-state index contributed by atoms with van der Waals surface area (Å²) < 4.78 is 1.11. The summed E-state index contributed by atoms with van der Waals surface area (Å²) in [6, 6.07) is 47.9. The van der Waals surface area contributed by atoms with E-state index in [9.17, 15) is 0 Å². The lowest BCUT2D eigenvalue weighted by molar-refractivity contribution is 1.30. The van der Waals surface area contributed by atoms with Gasteiger partial charge in [-0.25, -0.2) is 0 Å². The minimum atomic E-state index is 1.11. The SMILES string of the molecule is Brc1ccccc1-c1ccc2ccc3c(N(c4ccccc4)c4ccccc4)ccc4ccc1c2c43. The second-order valence-corrected chi connectivity index (χ2v) is 9.96. The van der Waals surface area contributed by atoms with E-state index in [-0.39, 0.29) is 0 Å². The van der Waals surface area contributed by atoms with Crippen molar-refractivity contribution in [3.8, 4) is 11.1 Å². The van der Waals surface area contributed by atoms with Crippen LogP contribution in [0.3, 0.4) is 0 Å². The first-order valence-corrected chi connectivity index (χ1v) is 12.9. The van der Waals surface area contributed by atoms with Crippen molar-refractivity contribution in [2.45, 2.75) is 0 Å². The first kappa shape index (κ1) is 21.2. The van der Waals surface area contributed by atoms with Crippen molar-refractivity contribution in [3.63, 3.8) is 0 Å². The molecule has 0 atom stereocenters. The Morgan fingerprint density at radius 1 is 0.417 bits per heavy atom. The van der Waals surface area contributed by atoms with Crippen molar-refractivity contribution in [1.29, 1.82) is 0 Å². The summed E-state index contributed by atoms with van der Waals surface area (Å²) in [7, 11) is 0. The Bertz CT molecular complexity index is 1800. The molecular weight excluding hydrogens is 502 g/mol. The van der Waals surface area contributed by atoms with Crippen LogP contribution >= 0.6 is 15.9 Å². The Morgan fingerprint density at radius 2 is 0.944 bits per heavy atom. The highest BCUT2D eigenvalue weighted by Gasteiger charge is 2.19. The fourth-order valence-corrected chi connectivity index (χ4v) is 5.97. The van der Waals surface area contributed by atoms with Crippen LogP contribution in [0, 0.1) is 0 Å². The molecule has 0 fully saturated rings. The lowest BCUT2D eigenvalue weighted by Gasteiger charge is -2.27. The highest BCUT2D eigenvalue weighted by atomic mass is 79.9. The molecule has 0 aliphatic rings. The predicted molar refractivity (Wildman–Crippen MR) is 158 cm³/mol. The smallest absolute Gasteiger partial charge is 0.0540 e. The van der Waals surface area contributed by atoms with E-state index in [1.807, 2.05) is 0 Å². The highest BCUT2D eigenvalue weighted by molar-refractivity contribution is 9.10. The number of anilines is 3. The van der Waals surface area contributed by atoms with E-state index in [0.29, 0.717) is 0 Å². The van der Waals surface area contributed by atoms with Gasteiger partial charge in [0.15, 0.2) is 0 Å². The van der Waals surface area contributed by atoms with Gasteiger partial charge >= 0.3 is 0 Å². The van der Waals surface area contributed by atoms with Crippen LogP contribution in [-0.2, 0) is 0 Å². The van der Waals surface area contributed by atoms with Gasteiger partial charge in [0.25, 0.3) is 0 Å². The minimum Gasteiger partial charge on any atom is -0.310 e. The third kappa shape index (κ3) is 3.30. The van der Waals surface area contributed by atoms with Crippen LogP contribution in [0.25, 0.3) is 43.4 Å². The first-order valence-electron chi connectivity index (χ1n) is 12.2. The van der Waals surface area contributed by atoms with E-state index in [1.165, 1.54) is 49.1 Å². The van der Waals surface area contributed by atoms with E-state index in [2.05, 4.69) is 154 Å². The van der Waals surface area contributed by atoms with E-state index in [1.54, 1.807) is 0 Å². The van der Waals surface area contributed by atoms with Gasteiger partial charge in [0.05, 0.1) is 5.69 Å². The highest BCUT2D eigenvalue weighted by Crippen LogP contribution is 2.45. The zero-order valence-electron chi connectivity index (χ0n) is 19.5. The Hall–Kier alpha value is -4.14. The Morgan fingerprint density at radius 3 is 1.61 bits per heavy atom. The summed E-state index contributed by atoms with van der Waals surface area (Å²) >= 11 is 3.78. The van der Waals surface area contributed by atoms with Gasteiger partial charge in [-0.05, 0) is 74.5 Å². The summed E-state index contributed by atoms with van der Waals surface area (Å²) in [5, 5.41) is 7.69. The molecule has 7 aromatic carbocycles. The molecule has 0 heterocycles. The van der Waals surface area contributed by atoms with Gasteiger partial charge in [-0.1, -0.05) is 113 Å². The molecule has 7 aromatic rings. The van der Waals surface area contributed by atoms with Crippen LogP contribution in [0.2, 0.25) is 0 Å². The molecule has 36 heavy (non-hydrogen) atoms. The standard InChI is InChI=1S/C34H22BrN/c35-31-14-8-7-13-28(31)27-19-15-23-17-21-30-32(22-18-24-16-20-29(27)33(23)34(24)30)36(25-9-3-1-4-10-25)26-11-5-2-6-12-26/h1-22H. The maximum absolute atomic E-state index is 3.78. The fraction of sp³-hybridized carbons (Fsp3) is 0. The molecule has 0 amide bonds. The Balaban J connectivity index is 1.56. The molecule has 2 heteroatoms. The monoisotopic (exact) mass is 523 g/mol. The number of rotatable bonds is 4. The number of nitrogens with zero attached hydrogens (tertiary/aromatic N) is 1. The fourth-order valence-electron chi connectivity index (χ4n) is 5.48. The molecular formula is C34H22BrN. The molecule has 0 aliphatic carbocycles. The van der Waals surface area contributed by atoms with Crippen molar-refractivity contribution < 1.29 is 0 Å². The van der Waals surface area contributed by atoms with Gasteiger partial charge in [-0.15, -0.1) is 0 Å². The second kappa shape index (κ2) is 8.51. The van der Waals surface area contributed by atoms with Crippen LogP contribution in [0.15, 0.2) is 138 Å². The molecule has 7 rings (SSSR count). The molecule has 0 saturated carbocycles. The third-order valence-corrected chi connectivity index (χ3v) is 7.77. The zero-order chi connectivity index (χ0) is 24.1.